The summed E-state index contributed by atoms with van der Waals surface area (Å²) in [4.78, 5) is 39.4. The first-order valence-electron chi connectivity index (χ1n) is 6.55. The first kappa shape index (κ1) is 15.2. The van der Waals surface area contributed by atoms with Gasteiger partial charge in [0.05, 0.1) is 12.1 Å². The van der Waals surface area contributed by atoms with E-state index in [1.54, 1.807) is 60.7 Å². The van der Waals surface area contributed by atoms with Crippen LogP contribution in [-0.4, -0.2) is 24.3 Å². The van der Waals surface area contributed by atoms with Crippen molar-refractivity contribution in [1.82, 2.24) is 10.8 Å². The summed E-state index contributed by atoms with van der Waals surface area (Å²) in [7, 11) is 0. The molecule has 2 amide bonds. The van der Waals surface area contributed by atoms with E-state index in [0.717, 1.165) is 0 Å². The van der Waals surface area contributed by atoms with Crippen LogP contribution in [0.4, 0.5) is 0 Å². The van der Waals surface area contributed by atoms with Gasteiger partial charge in [0.2, 0.25) is 0 Å². The van der Waals surface area contributed by atoms with Crippen molar-refractivity contribution in [2.24, 2.45) is 0 Å². The van der Waals surface area contributed by atoms with E-state index in [0.29, 0.717) is 11.1 Å². The largest absolute Gasteiger partial charge is 0.362 e. The van der Waals surface area contributed by atoms with Crippen LogP contribution in [0.5, 0.6) is 0 Å². The van der Waals surface area contributed by atoms with E-state index in [9.17, 15) is 14.4 Å². The summed E-state index contributed by atoms with van der Waals surface area (Å²) in [5, 5.41) is 2.42. The number of amides is 2. The molecule has 0 atom stereocenters. The fourth-order valence-electron chi connectivity index (χ4n) is 1.62. The van der Waals surface area contributed by atoms with Crippen LogP contribution in [-0.2, 0) is 9.63 Å². The molecule has 0 unspecified atom stereocenters. The highest BCUT2D eigenvalue weighted by Gasteiger charge is 2.10. The highest BCUT2D eigenvalue weighted by molar-refractivity contribution is 5.96. The van der Waals surface area contributed by atoms with E-state index in [2.05, 4.69) is 10.2 Å². The van der Waals surface area contributed by atoms with Crippen molar-refractivity contribution in [2.75, 3.05) is 6.54 Å². The zero-order valence-electron chi connectivity index (χ0n) is 11.6. The van der Waals surface area contributed by atoms with Crippen molar-refractivity contribution >= 4 is 17.8 Å². The Balaban J connectivity index is 1.74. The summed E-state index contributed by atoms with van der Waals surface area (Å²) in [5.74, 6) is -1.69. The van der Waals surface area contributed by atoms with Gasteiger partial charge in [0.1, 0.15) is 0 Å². The van der Waals surface area contributed by atoms with Gasteiger partial charge in [-0.3, -0.25) is 9.59 Å². The van der Waals surface area contributed by atoms with Crippen LogP contribution >= 0.6 is 0 Å². The molecule has 0 aromatic heterocycles. The van der Waals surface area contributed by atoms with Crippen molar-refractivity contribution in [3.63, 3.8) is 0 Å². The Kier molecular flexibility index (Phi) is 5.25. The molecular weight excluding hydrogens is 284 g/mol. The van der Waals surface area contributed by atoms with E-state index in [1.165, 1.54) is 0 Å². The number of carbonyl (C=O) groups is 3. The van der Waals surface area contributed by atoms with E-state index >= 15 is 0 Å². The maximum atomic E-state index is 11.7. The average Bonchev–Trinajstić information content (AvgIpc) is 2.59. The zero-order valence-corrected chi connectivity index (χ0v) is 11.6. The number of hydrogen-bond donors (Lipinski definition) is 2. The quantitative estimate of drug-likeness (QED) is 0.833. The highest BCUT2D eigenvalue weighted by Crippen LogP contribution is 1.99. The molecule has 0 aliphatic carbocycles. The first-order valence-corrected chi connectivity index (χ1v) is 6.55. The van der Waals surface area contributed by atoms with Gasteiger partial charge < -0.3 is 10.2 Å². The molecule has 0 saturated heterocycles. The Morgan fingerprint density at radius 3 is 1.95 bits per heavy atom. The molecule has 0 spiro atoms. The monoisotopic (exact) mass is 298 g/mol. The summed E-state index contributed by atoms with van der Waals surface area (Å²) in [6, 6.07) is 16.7. The van der Waals surface area contributed by atoms with Gasteiger partial charge in [-0.2, -0.15) is 5.48 Å². The number of hydroxylamine groups is 1. The maximum Gasteiger partial charge on any atom is 0.362 e. The van der Waals surface area contributed by atoms with E-state index in [-0.39, 0.29) is 12.5 Å². The molecule has 0 aliphatic heterocycles. The van der Waals surface area contributed by atoms with Crippen molar-refractivity contribution in [1.29, 1.82) is 0 Å². The number of rotatable bonds is 4. The predicted molar refractivity (Wildman–Crippen MR) is 78.8 cm³/mol. The van der Waals surface area contributed by atoms with Gasteiger partial charge in [-0.05, 0) is 24.3 Å². The van der Waals surface area contributed by atoms with Crippen LogP contribution in [0.1, 0.15) is 20.7 Å². The third kappa shape index (κ3) is 4.45. The summed E-state index contributed by atoms with van der Waals surface area (Å²) < 4.78 is 0. The molecule has 0 bridgehead atoms. The second kappa shape index (κ2) is 7.58. The van der Waals surface area contributed by atoms with Crippen LogP contribution in [0.15, 0.2) is 60.7 Å². The first-order chi connectivity index (χ1) is 10.7. The number of nitrogens with one attached hydrogen (secondary N) is 2. The molecule has 0 fully saturated rings. The van der Waals surface area contributed by atoms with Crippen molar-refractivity contribution in [3.8, 4) is 0 Å². The van der Waals surface area contributed by atoms with Crippen LogP contribution in [0.25, 0.3) is 0 Å². The van der Waals surface area contributed by atoms with Crippen molar-refractivity contribution in [2.45, 2.75) is 0 Å². The Labute approximate surface area is 127 Å². The molecule has 2 aromatic rings. The number of benzene rings is 2. The van der Waals surface area contributed by atoms with E-state index < -0.39 is 11.9 Å². The third-order valence-corrected chi connectivity index (χ3v) is 2.71. The van der Waals surface area contributed by atoms with Gasteiger partial charge in [-0.1, -0.05) is 36.4 Å². The molecule has 2 aromatic carbocycles. The molecule has 2 rings (SSSR count). The minimum Gasteiger partial charge on any atom is -0.343 e. The molecule has 112 valence electrons. The predicted octanol–water partition coefficient (Wildman–Crippen LogP) is 1.30. The summed E-state index contributed by atoms with van der Waals surface area (Å²) in [6.07, 6.45) is 0. The number of hydrogen-bond acceptors (Lipinski definition) is 4. The lowest BCUT2D eigenvalue weighted by Gasteiger charge is -2.07. The topological polar surface area (TPSA) is 84.5 Å². The molecule has 6 heteroatoms. The van der Waals surface area contributed by atoms with Gasteiger partial charge >= 0.3 is 5.97 Å². The molecule has 0 aliphatic rings. The van der Waals surface area contributed by atoms with Gasteiger partial charge in [0.25, 0.3) is 11.8 Å². The SMILES string of the molecule is O=C(CNC(=O)c1ccccc1)NOC(=O)c1ccccc1. The Morgan fingerprint density at radius 1 is 0.818 bits per heavy atom. The molecule has 0 heterocycles. The lowest BCUT2D eigenvalue weighted by molar-refractivity contribution is -0.128. The minimum absolute atomic E-state index is 0.296. The molecule has 6 nitrogen and oxygen atoms in total. The Morgan fingerprint density at radius 2 is 1.36 bits per heavy atom. The van der Waals surface area contributed by atoms with Gasteiger partial charge in [0, 0.05) is 5.56 Å². The van der Waals surface area contributed by atoms with Crippen LogP contribution in [0.3, 0.4) is 0 Å². The zero-order chi connectivity index (χ0) is 15.8. The lowest BCUT2D eigenvalue weighted by atomic mass is 10.2. The Hall–Kier alpha value is -3.15. The number of carbonyl (C=O) groups excluding carboxylic acids is 3. The fraction of sp³-hybridized carbons (Fsp3) is 0.0625. The van der Waals surface area contributed by atoms with Crippen molar-refractivity contribution < 1.29 is 19.2 Å². The van der Waals surface area contributed by atoms with E-state index in [4.69, 9.17) is 0 Å². The normalized spacial score (nSPS) is 9.64. The van der Waals surface area contributed by atoms with E-state index in [1.807, 2.05) is 5.48 Å². The second-order valence-corrected chi connectivity index (χ2v) is 4.33. The molecule has 2 N–H and O–H groups in total. The second-order valence-electron chi connectivity index (χ2n) is 4.33. The third-order valence-electron chi connectivity index (χ3n) is 2.71. The molecule has 0 radical (unpaired) electrons. The smallest absolute Gasteiger partial charge is 0.343 e. The summed E-state index contributed by atoms with van der Waals surface area (Å²) >= 11 is 0. The fourth-order valence-corrected chi connectivity index (χ4v) is 1.62. The highest BCUT2D eigenvalue weighted by atomic mass is 16.7. The average molecular weight is 298 g/mol. The summed E-state index contributed by atoms with van der Waals surface area (Å²) in [5.41, 5.74) is 2.74. The van der Waals surface area contributed by atoms with Gasteiger partial charge in [-0.15, -0.1) is 0 Å². The molecule has 22 heavy (non-hydrogen) atoms. The molecular formula is C16H14N2O4. The van der Waals surface area contributed by atoms with Crippen LogP contribution in [0, 0.1) is 0 Å². The lowest BCUT2D eigenvalue weighted by Crippen LogP contribution is -2.37. The van der Waals surface area contributed by atoms with Crippen LogP contribution < -0.4 is 10.8 Å². The van der Waals surface area contributed by atoms with Crippen molar-refractivity contribution in [3.05, 3.63) is 71.8 Å². The standard InChI is InChI=1S/C16H14N2O4/c19-14(11-17-15(20)12-7-3-1-4-8-12)18-22-16(21)13-9-5-2-6-10-13/h1-10H,11H2,(H,17,20)(H,18,19). The van der Waals surface area contributed by atoms with Crippen LogP contribution in [0.2, 0.25) is 0 Å². The minimum atomic E-state index is -0.677. The van der Waals surface area contributed by atoms with Gasteiger partial charge in [-0.25, -0.2) is 4.79 Å². The molecule has 0 saturated carbocycles. The Bertz CT molecular complexity index is 599. The summed E-state index contributed by atoms with van der Waals surface area (Å²) in [6.45, 7) is -0.296. The maximum absolute atomic E-state index is 11.7. The van der Waals surface area contributed by atoms with Gasteiger partial charge in [0.15, 0.2) is 0 Å².